The Balaban J connectivity index is 2.02. The first-order chi connectivity index (χ1) is 9.95. The minimum Gasteiger partial charge on any atom is -0.329 e. The van der Waals surface area contributed by atoms with Crippen molar-refractivity contribution in [3.8, 4) is 0 Å². The Morgan fingerprint density at radius 3 is 2.05 bits per heavy atom. The Kier molecular flexibility index (Phi) is 5.42. The summed E-state index contributed by atoms with van der Waals surface area (Å²) in [7, 11) is 0. The zero-order valence-corrected chi connectivity index (χ0v) is 14.1. The summed E-state index contributed by atoms with van der Waals surface area (Å²) in [6, 6.07) is 9.35. The molecular formula is C18H31N3. The van der Waals surface area contributed by atoms with E-state index in [0.29, 0.717) is 12.6 Å². The summed E-state index contributed by atoms with van der Waals surface area (Å²) in [6.45, 7) is 14.3. The fourth-order valence-corrected chi connectivity index (χ4v) is 3.18. The molecule has 1 aromatic carbocycles. The highest BCUT2D eigenvalue weighted by Crippen LogP contribution is 2.24. The molecule has 0 bridgehead atoms. The van der Waals surface area contributed by atoms with Crippen molar-refractivity contribution in [1.82, 2.24) is 9.80 Å². The van der Waals surface area contributed by atoms with Gasteiger partial charge in [-0.2, -0.15) is 0 Å². The molecule has 118 valence electrons. The van der Waals surface area contributed by atoms with Crippen LogP contribution in [0.4, 0.5) is 0 Å². The van der Waals surface area contributed by atoms with Gasteiger partial charge in [-0.25, -0.2) is 0 Å². The number of rotatable bonds is 4. The molecule has 21 heavy (non-hydrogen) atoms. The highest BCUT2D eigenvalue weighted by Gasteiger charge is 2.29. The first-order valence-electron chi connectivity index (χ1n) is 8.23. The standard InChI is InChI=1S/C18H31N3/c1-5-15-6-8-16(9-7-15)17(14-19)20-10-12-21(13-11-20)18(2,3)4/h6-9,17H,5,10-14,19H2,1-4H3. The van der Waals surface area contributed by atoms with Crippen molar-refractivity contribution in [3.05, 3.63) is 35.4 Å². The molecule has 2 N–H and O–H groups in total. The van der Waals surface area contributed by atoms with Gasteiger partial charge in [-0.1, -0.05) is 31.2 Å². The highest BCUT2D eigenvalue weighted by molar-refractivity contribution is 5.25. The monoisotopic (exact) mass is 289 g/mol. The molecule has 0 aromatic heterocycles. The molecular weight excluding hydrogens is 258 g/mol. The zero-order chi connectivity index (χ0) is 15.5. The molecule has 1 aliphatic heterocycles. The molecule has 1 fully saturated rings. The average Bonchev–Trinajstić information content (AvgIpc) is 2.48. The summed E-state index contributed by atoms with van der Waals surface area (Å²) in [4.78, 5) is 5.11. The van der Waals surface area contributed by atoms with E-state index in [-0.39, 0.29) is 5.54 Å². The largest absolute Gasteiger partial charge is 0.329 e. The molecule has 3 heteroatoms. The van der Waals surface area contributed by atoms with E-state index in [9.17, 15) is 0 Å². The number of benzene rings is 1. The Bertz CT molecular complexity index is 425. The van der Waals surface area contributed by atoms with Crippen molar-refractivity contribution in [1.29, 1.82) is 0 Å². The molecule has 0 spiro atoms. The molecule has 2 rings (SSSR count). The minimum atomic E-state index is 0.271. The van der Waals surface area contributed by atoms with Gasteiger partial charge in [-0.05, 0) is 38.3 Å². The number of aryl methyl sites for hydroxylation is 1. The lowest BCUT2D eigenvalue weighted by atomic mass is 10.0. The lowest BCUT2D eigenvalue weighted by molar-refractivity contribution is 0.0433. The topological polar surface area (TPSA) is 32.5 Å². The number of piperazine rings is 1. The lowest BCUT2D eigenvalue weighted by Gasteiger charge is -2.44. The van der Waals surface area contributed by atoms with E-state index in [0.717, 1.165) is 32.6 Å². The maximum atomic E-state index is 6.07. The van der Waals surface area contributed by atoms with Crippen LogP contribution in [0, 0.1) is 0 Å². The normalized spacial score (nSPS) is 19.7. The second-order valence-electron chi connectivity index (χ2n) is 7.04. The number of nitrogens with two attached hydrogens (primary N) is 1. The van der Waals surface area contributed by atoms with Gasteiger partial charge >= 0.3 is 0 Å². The Morgan fingerprint density at radius 1 is 1.05 bits per heavy atom. The van der Waals surface area contributed by atoms with E-state index in [1.54, 1.807) is 0 Å². The van der Waals surface area contributed by atoms with E-state index in [4.69, 9.17) is 5.73 Å². The minimum absolute atomic E-state index is 0.271. The summed E-state index contributed by atoms with van der Waals surface area (Å²) in [5.74, 6) is 0. The SMILES string of the molecule is CCc1ccc(C(CN)N2CCN(C(C)(C)C)CC2)cc1. The molecule has 1 atom stereocenters. The summed E-state index contributed by atoms with van der Waals surface area (Å²) in [5.41, 5.74) is 9.10. The Hall–Kier alpha value is -0.900. The van der Waals surface area contributed by atoms with Crippen LogP contribution < -0.4 is 5.73 Å². The summed E-state index contributed by atoms with van der Waals surface area (Å²) in [6.07, 6.45) is 1.10. The van der Waals surface area contributed by atoms with Gasteiger partial charge in [0.1, 0.15) is 0 Å². The maximum Gasteiger partial charge on any atom is 0.0471 e. The van der Waals surface area contributed by atoms with E-state index >= 15 is 0 Å². The molecule has 1 saturated heterocycles. The van der Waals surface area contributed by atoms with Crippen molar-refractivity contribution in [2.45, 2.75) is 45.7 Å². The van der Waals surface area contributed by atoms with Gasteiger partial charge in [0.15, 0.2) is 0 Å². The van der Waals surface area contributed by atoms with Crippen molar-refractivity contribution >= 4 is 0 Å². The van der Waals surface area contributed by atoms with Crippen LogP contribution in [-0.2, 0) is 6.42 Å². The lowest BCUT2D eigenvalue weighted by Crippen LogP contribution is -2.54. The van der Waals surface area contributed by atoms with Gasteiger partial charge in [0.2, 0.25) is 0 Å². The third-order valence-electron chi connectivity index (χ3n) is 4.70. The fraction of sp³-hybridized carbons (Fsp3) is 0.667. The van der Waals surface area contributed by atoms with Gasteiger partial charge in [0, 0.05) is 44.3 Å². The fourth-order valence-electron chi connectivity index (χ4n) is 3.18. The van der Waals surface area contributed by atoms with Crippen LogP contribution in [0.1, 0.15) is 44.9 Å². The molecule has 0 amide bonds. The highest BCUT2D eigenvalue weighted by atomic mass is 15.3. The van der Waals surface area contributed by atoms with E-state index in [1.165, 1.54) is 11.1 Å². The third-order valence-corrected chi connectivity index (χ3v) is 4.70. The van der Waals surface area contributed by atoms with Crippen LogP contribution in [-0.4, -0.2) is 48.1 Å². The number of nitrogens with zero attached hydrogens (tertiary/aromatic N) is 2. The third kappa shape index (κ3) is 4.06. The average molecular weight is 289 g/mol. The zero-order valence-electron chi connectivity index (χ0n) is 14.1. The van der Waals surface area contributed by atoms with Crippen molar-refractivity contribution in [2.24, 2.45) is 5.73 Å². The van der Waals surface area contributed by atoms with Crippen LogP contribution >= 0.6 is 0 Å². The second-order valence-corrected chi connectivity index (χ2v) is 7.04. The van der Waals surface area contributed by atoms with Crippen molar-refractivity contribution in [2.75, 3.05) is 32.7 Å². The Morgan fingerprint density at radius 2 is 1.62 bits per heavy atom. The molecule has 0 saturated carbocycles. The van der Waals surface area contributed by atoms with Gasteiger partial charge in [-0.3, -0.25) is 9.80 Å². The van der Waals surface area contributed by atoms with Crippen molar-refractivity contribution in [3.63, 3.8) is 0 Å². The quantitative estimate of drug-likeness (QED) is 0.925. The predicted octanol–water partition coefficient (Wildman–Crippen LogP) is 2.66. The van der Waals surface area contributed by atoms with E-state index in [1.807, 2.05) is 0 Å². The molecule has 0 aliphatic carbocycles. The smallest absolute Gasteiger partial charge is 0.0471 e. The predicted molar refractivity (Wildman–Crippen MR) is 90.5 cm³/mol. The summed E-state index contributed by atoms with van der Waals surface area (Å²) < 4.78 is 0. The molecule has 3 nitrogen and oxygen atoms in total. The van der Waals surface area contributed by atoms with E-state index in [2.05, 4.69) is 61.8 Å². The van der Waals surface area contributed by atoms with Gasteiger partial charge in [-0.15, -0.1) is 0 Å². The van der Waals surface area contributed by atoms with Gasteiger partial charge < -0.3 is 5.73 Å². The second kappa shape index (κ2) is 6.91. The maximum absolute atomic E-state index is 6.07. The van der Waals surface area contributed by atoms with E-state index < -0.39 is 0 Å². The Labute approximate surface area is 130 Å². The van der Waals surface area contributed by atoms with Crippen LogP contribution in [0.15, 0.2) is 24.3 Å². The molecule has 1 heterocycles. The van der Waals surface area contributed by atoms with Gasteiger partial charge in [0.25, 0.3) is 0 Å². The van der Waals surface area contributed by atoms with Crippen molar-refractivity contribution < 1.29 is 0 Å². The van der Waals surface area contributed by atoms with Gasteiger partial charge in [0.05, 0.1) is 0 Å². The first-order valence-corrected chi connectivity index (χ1v) is 8.23. The number of hydrogen-bond donors (Lipinski definition) is 1. The summed E-state index contributed by atoms with van der Waals surface area (Å²) in [5, 5.41) is 0. The van der Waals surface area contributed by atoms with Crippen LogP contribution in [0.3, 0.4) is 0 Å². The first kappa shape index (κ1) is 16.5. The van der Waals surface area contributed by atoms with Crippen LogP contribution in [0.2, 0.25) is 0 Å². The molecule has 1 aromatic rings. The van der Waals surface area contributed by atoms with Crippen LogP contribution in [0.5, 0.6) is 0 Å². The number of hydrogen-bond acceptors (Lipinski definition) is 3. The molecule has 0 radical (unpaired) electrons. The van der Waals surface area contributed by atoms with Crippen LogP contribution in [0.25, 0.3) is 0 Å². The molecule has 1 aliphatic rings. The summed E-state index contributed by atoms with van der Waals surface area (Å²) >= 11 is 0. The molecule has 1 unspecified atom stereocenters.